The van der Waals surface area contributed by atoms with Gasteiger partial charge in [-0.25, -0.2) is 0 Å². The normalized spacial score (nSPS) is 46.6. The van der Waals surface area contributed by atoms with Crippen molar-refractivity contribution >= 4 is 0 Å². The summed E-state index contributed by atoms with van der Waals surface area (Å²) in [6.45, 7) is 10.1. The summed E-state index contributed by atoms with van der Waals surface area (Å²) in [5.41, 5.74) is 5.18. The Morgan fingerprint density at radius 1 is 0.957 bits per heavy atom. The first-order valence-corrected chi connectivity index (χ1v) is 10.7. The maximum absolute atomic E-state index is 2.70. The zero-order valence-electron chi connectivity index (χ0n) is 16.1. The lowest BCUT2D eigenvalue weighted by molar-refractivity contribution is -0.0333. The van der Waals surface area contributed by atoms with E-state index >= 15 is 0 Å². The van der Waals surface area contributed by atoms with Crippen molar-refractivity contribution in [3.05, 3.63) is 11.1 Å². The maximum Gasteiger partial charge on any atom is -0.0108 e. The molecule has 0 amide bonds. The van der Waals surface area contributed by atoms with Crippen molar-refractivity contribution in [3.8, 4) is 0 Å². The van der Waals surface area contributed by atoms with Gasteiger partial charge in [0.2, 0.25) is 0 Å². The van der Waals surface area contributed by atoms with Crippen LogP contribution >= 0.6 is 0 Å². The highest BCUT2D eigenvalue weighted by molar-refractivity contribution is 5.33. The minimum Gasteiger partial charge on any atom is -0.0670 e. The summed E-state index contributed by atoms with van der Waals surface area (Å²) in [6.07, 6.45) is 16.4. The smallest absolute Gasteiger partial charge is 0.0108 e. The molecule has 0 aromatic heterocycles. The number of hydrogen-bond donors (Lipinski definition) is 0. The van der Waals surface area contributed by atoms with Crippen molar-refractivity contribution in [3.63, 3.8) is 0 Å². The van der Waals surface area contributed by atoms with Crippen LogP contribution in [0.4, 0.5) is 0 Å². The summed E-state index contributed by atoms with van der Waals surface area (Å²) >= 11 is 0. The van der Waals surface area contributed by atoms with E-state index in [0.29, 0.717) is 10.8 Å². The first-order chi connectivity index (χ1) is 10.9. The van der Waals surface area contributed by atoms with E-state index in [0.717, 1.165) is 23.7 Å². The highest BCUT2D eigenvalue weighted by Gasteiger charge is 2.53. The molecule has 5 atom stereocenters. The summed E-state index contributed by atoms with van der Waals surface area (Å²) < 4.78 is 0. The second-order valence-electron chi connectivity index (χ2n) is 10.4. The Hall–Kier alpha value is -0.260. The molecule has 130 valence electrons. The van der Waals surface area contributed by atoms with E-state index in [1.54, 1.807) is 0 Å². The molecule has 0 N–H and O–H groups in total. The molecule has 0 heterocycles. The van der Waals surface area contributed by atoms with E-state index in [9.17, 15) is 0 Å². The summed E-state index contributed by atoms with van der Waals surface area (Å²) in [5.74, 6) is 3.91. The molecular formula is C23H38. The predicted octanol–water partition coefficient (Wildman–Crippen LogP) is 7.15. The van der Waals surface area contributed by atoms with Crippen molar-refractivity contribution in [1.82, 2.24) is 0 Å². The fraction of sp³-hybridized carbons (Fsp3) is 0.913. The van der Waals surface area contributed by atoms with Crippen LogP contribution in [0.15, 0.2) is 11.1 Å². The fourth-order valence-electron chi connectivity index (χ4n) is 7.78. The number of hydrogen-bond acceptors (Lipinski definition) is 0. The second-order valence-corrected chi connectivity index (χ2v) is 10.4. The van der Waals surface area contributed by atoms with Gasteiger partial charge >= 0.3 is 0 Å². The van der Waals surface area contributed by atoms with Crippen LogP contribution in [0.1, 0.15) is 98.3 Å². The van der Waals surface area contributed by atoms with Gasteiger partial charge in [0.1, 0.15) is 0 Å². The number of allylic oxidation sites excluding steroid dienone is 2. The Labute approximate surface area is 144 Å². The molecule has 0 aromatic carbocycles. The molecule has 0 aromatic rings. The Morgan fingerprint density at radius 2 is 1.78 bits per heavy atom. The minimum absolute atomic E-state index is 0.554. The lowest BCUT2D eigenvalue weighted by Gasteiger charge is -2.56. The van der Waals surface area contributed by atoms with E-state index in [2.05, 4.69) is 27.7 Å². The van der Waals surface area contributed by atoms with E-state index in [1.807, 2.05) is 11.1 Å². The predicted molar refractivity (Wildman–Crippen MR) is 99.3 cm³/mol. The average molecular weight is 315 g/mol. The van der Waals surface area contributed by atoms with E-state index < -0.39 is 0 Å². The molecule has 4 aliphatic rings. The van der Waals surface area contributed by atoms with Crippen molar-refractivity contribution in [2.24, 2.45) is 34.5 Å². The molecular weight excluding hydrogens is 276 g/mol. The van der Waals surface area contributed by atoms with Gasteiger partial charge in [0.05, 0.1) is 0 Å². The molecule has 4 aliphatic carbocycles. The lowest BCUT2D eigenvalue weighted by atomic mass is 9.49. The van der Waals surface area contributed by atoms with Crippen LogP contribution in [0.25, 0.3) is 0 Å². The third-order valence-corrected chi connectivity index (χ3v) is 8.68. The van der Waals surface area contributed by atoms with Crippen LogP contribution in [0.3, 0.4) is 0 Å². The molecule has 0 aliphatic heterocycles. The van der Waals surface area contributed by atoms with Crippen molar-refractivity contribution in [2.45, 2.75) is 98.3 Å². The monoisotopic (exact) mass is 314 g/mol. The summed E-state index contributed by atoms with van der Waals surface area (Å²) in [6, 6.07) is 0. The van der Waals surface area contributed by atoms with Crippen LogP contribution < -0.4 is 0 Å². The van der Waals surface area contributed by atoms with Crippen molar-refractivity contribution in [1.29, 1.82) is 0 Å². The Morgan fingerprint density at radius 3 is 2.57 bits per heavy atom. The van der Waals surface area contributed by atoms with Crippen molar-refractivity contribution < 1.29 is 0 Å². The van der Waals surface area contributed by atoms with Gasteiger partial charge in [-0.2, -0.15) is 0 Å². The molecule has 0 nitrogen and oxygen atoms in total. The third-order valence-electron chi connectivity index (χ3n) is 8.68. The minimum atomic E-state index is 0.554. The zero-order chi connectivity index (χ0) is 16.2. The lowest BCUT2D eigenvalue weighted by Crippen LogP contribution is -2.47. The van der Waals surface area contributed by atoms with E-state index in [4.69, 9.17) is 0 Å². The zero-order valence-corrected chi connectivity index (χ0v) is 16.1. The first-order valence-electron chi connectivity index (χ1n) is 10.7. The summed E-state index contributed by atoms with van der Waals surface area (Å²) in [5, 5.41) is 0. The van der Waals surface area contributed by atoms with Gasteiger partial charge in [0.15, 0.2) is 0 Å². The quantitative estimate of drug-likeness (QED) is 0.475. The average Bonchev–Trinajstić information content (AvgIpc) is 2.83. The van der Waals surface area contributed by atoms with Gasteiger partial charge in [-0.05, 0) is 92.3 Å². The topological polar surface area (TPSA) is 0 Å². The van der Waals surface area contributed by atoms with Gasteiger partial charge in [-0.3, -0.25) is 0 Å². The maximum atomic E-state index is 2.70. The Balaban J connectivity index is 1.64. The fourth-order valence-corrected chi connectivity index (χ4v) is 7.78. The molecule has 23 heavy (non-hydrogen) atoms. The standard InChI is InChI=1S/C23H38/c1-16(2)15-22(3)14-12-19-18-9-8-17-7-5-6-13-23(17,4)21(18)11-10-20(19)22/h16-18,21H,5-15H2,1-4H3/t17?,18-,21-,22-,23-/m0/s1. The molecule has 1 unspecified atom stereocenters. The molecule has 0 bridgehead atoms. The molecule has 0 radical (unpaired) electrons. The highest BCUT2D eigenvalue weighted by Crippen LogP contribution is 2.64. The molecule has 0 saturated heterocycles. The molecule has 0 spiro atoms. The summed E-state index contributed by atoms with van der Waals surface area (Å²) in [4.78, 5) is 0. The molecule has 2 fully saturated rings. The molecule has 0 heteroatoms. The largest absolute Gasteiger partial charge is 0.0670 e. The van der Waals surface area contributed by atoms with E-state index in [1.165, 1.54) is 70.6 Å². The first kappa shape index (κ1) is 16.2. The van der Waals surface area contributed by atoms with Gasteiger partial charge in [0, 0.05) is 0 Å². The Kier molecular flexibility index (Phi) is 3.97. The van der Waals surface area contributed by atoms with Gasteiger partial charge in [0.25, 0.3) is 0 Å². The molecule has 4 rings (SSSR count). The van der Waals surface area contributed by atoms with Crippen LogP contribution in [0.2, 0.25) is 0 Å². The summed E-state index contributed by atoms with van der Waals surface area (Å²) in [7, 11) is 0. The SMILES string of the molecule is CC(C)C[C@]1(C)CCC2=C1CC[C@H]1[C@H]2CCC2CCCC[C@@]21C. The second kappa shape index (κ2) is 5.63. The van der Waals surface area contributed by atoms with Crippen LogP contribution in [0, 0.1) is 34.5 Å². The number of rotatable bonds is 2. The van der Waals surface area contributed by atoms with Crippen molar-refractivity contribution in [2.75, 3.05) is 0 Å². The van der Waals surface area contributed by atoms with Crippen LogP contribution in [0.5, 0.6) is 0 Å². The van der Waals surface area contributed by atoms with Gasteiger partial charge in [-0.1, -0.05) is 51.7 Å². The third kappa shape index (κ3) is 2.46. The highest BCUT2D eigenvalue weighted by atomic mass is 14.6. The van der Waals surface area contributed by atoms with Crippen LogP contribution in [-0.2, 0) is 0 Å². The molecule has 2 saturated carbocycles. The van der Waals surface area contributed by atoms with Crippen LogP contribution in [-0.4, -0.2) is 0 Å². The van der Waals surface area contributed by atoms with Gasteiger partial charge < -0.3 is 0 Å². The van der Waals surface area contributed by atoms with E-state index in [-0.39, 0.29) is 0 Å². The number of fused-ring (bicyclic) bond motifs is 4. The van der Waals surface area contributed by atoms with Gasteiger partial charge in [-0.15, -0.1) is 0 Å². The Bertz CT molecular complexity index is 498.